The van der Waals surface area contributed by atoms with Gasteiger partial charge in [-0.05, 0) is 104 Å². The summed E-state index contributed by atoms with van der Waals surface area (Å²) in [5.74, 6) is -4.97. The van der Waals surface area contributed by atoms with Gasteiger partial charge in [0.25, 0.3) is 5.91 Å². The summed E-state index contributed by atoms with van der Waals surface area (Å²) in [7, 11) is 0. The second kappa shape index (κ2) is 22.2. The van der Waals surface area contributed by atoms with Crippen LogP contribution in [-0.4, -0.2) is 135 Å². The van der Waals surface area contributed by atoms with Gasteiger partial charge in [0, 0.05) is 46.7 Å². The molecule has 1 aromatic heterocycles. The van der Waals surface area contributed by atoms with E-state index in [0.29, 0.717) is 48.5 Å². The smallest absolute Gasteiger partial charge is 0.250 e. The van der Waals surface area contributed by atoms with Crippen LogP contribution in [0, 0.1) is 17.8 Å². The lowest BCUT2D eigenvalue weighted by Crippen LogP contribution is -2.62. The molecule has 4 aliphatic rings. The zero-order valence-corrected chi connectivity index (χ0v) is 41.4. The third-order valence-electron chi connectivity index (χ3n) is 13.7. The molecule has 8 amide bonds. The monoisotopic (exact) mass is 1030 g/mol. The van der Waals surface area contributed by atoms with Crippen molar-refractivity contribution in [1.82, 2.24) is 46.3 Å². The fraction of sp³-hybridized carbons (Fsp3) is 0.625. The number of nitrogens with one attached hydrogen (secondary N) is 6. The van der Waals surface area contributed by atoms with Crippen LogP contribution >= 0.6 is 22.6 Å². The second-order valence-corrected chi connectivity index (χ2v) is 20.3. The number of hydrogen-bond acceptors (Lipinski definition) is 8. The van der Waals surface area contributed by atoms with E-state index in [9.17, 15) is 38.4 Å². The van der Waals surface area contributed by atoms with Gasteiger partial charge in [0.1, 0.15) is 48.3 Å². The van der Waals surface area contributed by atoms with E-state index in [4.69, 9.17) is 0 Å². The average Bonchev–Trinajstić information content (AvgIpc) is 4.14. The summed E-state index contributed by atoms with van der Waals surface area (Å²) in [4.78, 5) is 123. The average molecular weight is 1030 g/mol. The number of fused-ring (bicyclic) bond motifs is 4. The Bertz CT molecular complexity index is 2190. The Labute approximate surface area is 401 Å². The zero-order valence-electron chi connectivity index (χ0n) is 39.3. The molecule has 4 aliphatic heterocycles. The Kier molecular flexibility index (Phi) is 16.9. The quantitative estimate of drug-likeness (QED) is 0.215. The van der Waals surface area contributed by atoms with E-state index in [-0.39, 0.29) is 44.3 Å². The summed E-state index contributed by atoms with van der Waals surface area (Å²) in [6, 6.07) is -0.757. The molecule has 4 saturated heterocycles. The first-order chi connectivity index (χ1) is 31.4. The lowest BCUT2D eigenvalue weighted by molar-refractivity contribution is -0.145. The van der Waals surface area contributed by atoms with E-state index in [0.717, 1.165) is 16.5 Å². The van der Waals surface area contributed by atoms with Gasteiger partial charge < -0.3 is 46.3 Å². The Morgan fingerprint density at radius 2 is 1.17 bits per heavy atom. The number of carbonyl (C=O) groups excluding carboxylic acids is 8. The minimum atomic E-state index is -1.18. The molecule has 17 nitrogen and oxygen atoms in total. The molecule has 66 heavy (non-hydrogen) atoms. The number of amides is 8. The van der Waals surface area contributed by atoms with Crippen molar-refractivity contribution in [2.45, 2.75) is 155 Å². The number of aromatic amines is 1. The van der Waals surface area contributed by atoms with E-state index < -0.39 is 102 Å². The Morgan fingerprint density at radius 3 is 1.71 bits per heavy atom. The molecular weight excluding hydrogens is 957 g/mol. The number of H-pyrrole nitrogens is 1. The largest absolute Gasteiger partial charge is 0.361 e. The van der Waals surface area contributed by atoms with Crippen molar-refractivity contribution in [2.24, 2.45) is 17.8 Å². The molecular formula is C48H68IN9O8. The maximum atomic E-state index is 14.6. The van der Waals surface area contributed by atoms with Crippen LogP contribution in [0.2, 0.25) is 0 Å². The topological polar surface area (TPSA) is 222 Å². The lowest BCUT2D eigenvalue weighted by Gasteiger charge is -2.35. The molecule has 6 rings (SSSR count). The molecule has 1 unspecified atom stereocenters. The minimum Gasteiger partial charge on any atom is -0.361 e. The van der Waals surface area contributed by atoms with Gasteiger partial charge in [-0.2, -0.15) is 0 Å². The van der Waals surface area contributed by atoms with Gasteiger partial charge in [0.05, 0.1) is 0 Å². The number of rotatable bonds is 8. The molecule has 6 N–H and O–H groups in total. The lowest BCUT2D eigenvalue weighted by atomic mass is 9.95. The van der Waals surface area contributed by atoms with Gasteiger partial charge in [-0.15, -0.1) is 0 Å². The van der Waals surface area contributed by atoms with Crippen molar-refractivity contribution in [3.63, 3.8) is 0 Å². The van der Waals surface area contributed by atoms with Gasteiger partial charge >= 0.3 is 0 Å². The Hall–Kier alpha value is -5.01. The van der Waals surface area contributed by atoms with Crippen molar-refractivity contribution in [2.75, 3.05) is 19.6 Å². The summed E-state index contributed by atoms with van der Waals surface area (Å²) in [6.45, 7) is 13.7. The van der Waals surface area contributed by atoms with Crippen LogP contribution in [0.3, 0.4) is 0 Å². The number of allylic oxidation sites excluding steroid dienone is 1. The van der Waals surface area contributed by atoms with E-state index >= 15 is 0 Å². The van der Waals surface area contributed by atoms with Crippen LogP contribution < -0.4 is 26.6 Å². The highest BCUT2D eigenvalue weighted by molar-refractivity contribution is 14.1. The molecule has 0 saturated carbocycles. The summed E-state index contributed by atoms with van der Waals surface area (Å²) >= 11 is 2.00. The van der Waals surface area contributed by atoms with Gasteiger partial charge in [-0.1, -0.05) is 72.2 Å². The number of aromatic nitrogens is 1. The van der Waals surface area contributed by atoms with Crippen molar-refractivity contribution in [3.05, 3.63) is 45.7 Å². The molecule has 0 bridgehead atoms. The van der Waals surface area contributed by atoms with E-state index in [2.05, 4.69) is 31.6 Å². The molecule has 4 fully saturated rings. The number of hydrogen-bond donors (Lipinski definition) is 6. The third kappa shape index (κ3) is 11.2. The fourth-order valence-corrected chi connectivity index (χ4v) is 10.2. The molecule has 9 atom stereocenters. The van der Waals surface area contributed by atoms with E-state index in [1.807, 2.05) is 74.6 Å². The van der Waals surface area contributed by atoms with Gasteiger partial charge in [0.15, 0.2) is 0 Å². The zero-order chi connectivity index (χ0) is 48.0. The van der Waals surface area contributed by atoms with Crippen LogP contribution in [0.25, 0.3) is 10.9 Å². The van der Waals surface area contributed by atoms with Crippen LogP contribution in [0.5, 0.6) is 0 Å². The highest BCUT2D eigenvalue weighted by Gasteiger charge is 2.45. The standard InChI is InChI=1S/C48H68IN9O8/c1-8-28(7)39-47(65)57-21-14-19-37(57)45(63)55-40(31(49)9-2)48(66)58-22-13-18-36(58)44(62)52-34(24-29-25-50-32-16-11-10-15-30(29)32)42(60)53-38(27(5)6)46(64)56-20-12-17-35(56)43(61)51-33(23-26(3)4)41(59)54-39/h9-11,15-16,25-28,33-40,50H,8,12-14,17-24H2,1-7H3,(H,51,61)(H,52,62)(H,53,60)(H,54,59)(H,55,63)/b31-9-/t28?,33-,34-,35-,36-,37-,38-,39-,40-/m0/s1. The maximum absolute atomic E-state index is 14.6. The first-order valence-electron chi connectivity index (χ1n) is 23.8. The molecule has 360 valence electrons. The van der Waals surface area contributed by atoms with Crippen molar-refractivity contribution < 1.29 is 38.4 Å². The molecule has 0 spiro atoms. The predicted octanol–water partition coefficient (Wildman–Crippen LogP) is 3.21. The predicted molar refractivity (Wildman–Crippen MR) is 257 cm³/mol. The number of carbonyl (C=O) groups is 8. The molecule has 1 aromatic carbocycles. The van der Waals surface area contributed by atoms with E-state index in [1.54, 1.807) is 33.0 Å². The SMILES string of the molecule is C/C=C(\I)[C@@H]1NC(=O)[C@@H]2CCCN2C(=O)[C@H](C(C)CC)NC(=O)[C@H](CC(C)C)NC(=O)[C@@H]2CCCN2C(=O)[C@H](C(C)C)NC(=O)[C@H](Cc2c[nH]c3ccccc23)NC(=O)[C@@H]2CCCN2C1=O. The highest BCUT2D eigenvalue weighted by atomic mass is 127. The molecule has 18 heteroatoms. The fourth-order valence-electron chi connectivity index (χ4n) is 9.76. The Balaban J connectivity index is 1.40. The number of nitrogens with zero attached hydrogens (tertiary/aromatic N) is 3. The van der Waals surface area contributed by atoms with Gasteiger partial charge in [-0.25, -0.2) is 0 Å². The summed E-state index contributed by atoms with van der Waals surface area (Å²) in [5, 5.41) is 15.5. The summed E-state index contributed by atoms with van der Waals surface area (Å²) < 4.78 is 0.513. The third-order valence-corrected chi connectivity index (χ3v) is 14.9. The first-order valence-corrected chi connectivity index (χ1v) is 24.8. The molecule has 0 aliphatic carbocycles. The van der Waals surface area contributed by atoms with Gasteiger partial charge in [0.2, 0.25) is 41.4 Å². The molecule has 2 aromatic rings. The summed E-state index contributed by atoms with van der Waals surface area (Å²) in [5.41, 5.74) is 1.59. The highest BCUT2D eigenvalue weighted by Crippen LogP contribution is 2.27. The normalized spacial score (nSPS) is 28.7. The van der Waals surface area contributed by atoms with Crippen molar-refractivity contribution >= 4 is 80.8 Å². The second-order valence-electron chi connectivity index (χ2n) is 19.1. The Morgan fingerprint density at radius 1 is 0.667 bits per heavy atom. The first kappa shape index (κ1) is 50.4. The number of benzene rings is 1. The summed E-state index contributed by atoms with van der Waals surface area (Å²) in [6.07, 6.45) is 6.83. The molecule has 5 heterocycles. The maximum Gasteiger partial charge on any atom is 0.250 e. The van der Waals surface area contributed by atoms with Gasteiger partial charge in [-0.3, -0.25) is 38.4 Å². The minimum absolute atomic E-state index is 0.0386. The number of para-hydroxylation sites is 1. The van der Waals surface area contributed by atoms with E-state index in [1.165, 1.54) is 14.7 Å². The number of halogens is 1. The van der Waals surface area contributed by atoms with Crippen LogP contribution in [-0.2, 0) is 44.8 Å². The van der Waals surface area contributed by atoms with Crippen LogP contribution in [0.15, 0.2) is 40.1 Å². The van der Waals surface area contributed by atoms with Crippen LogP contribution in [0.4, 0.5) is 0 Å². The molecule has 0 radical (unpaired) electrons. The van der Waals surface area contributed by atoms with Crippen molar-refractivity contribution in [3.8, 4) is 0 Å². The van der Waals surface area contributed by atoms with Crippen LogP contribution in [0.1, 0.15) is 105 Å². The van der Waals surface area contributed by atoms with Crippen molar-refractivity contribution in [1.29, 1.82) is 0 Å².